The minimum Gasteiger partial charge on any atom is -0.368 e. The summed E-state index contributed by atoms with van der Waals surface area (Å²) in [6, 6.07) is 10.3. The predicted molar refractivity (Wildman–Crippen MR) is 131 cm³/mol. The lowest BCUT2D eigenvalue weighted by Gasteiger charge is -2.31. The van der Waals surface area contributed by atoms with E-state index in [-0.39, 0.29) is 12.6 Å². The lowest BCUT2D eigenvalue weighted by molar-refractivity contribution is -0.120. The van der Waals surface area contributed by atoms with Crippen LogP contribution in [0.5, 0.6) is 0 Å². The lowest BCUT2D eigenvalue weighted by atomic mass is 10.1. The number of aliphatic imine (C=N–C) groups is 1. The van der Waals surface area contributed by atoms with Gasteiger partial charge in [-0.2, -0.15) is 0 Å². The monoisotopic (exact) mass is 483 g/mol. The number of halogens is 1. The number of hydrogen-bond donors (Lipinski definition) is 3. The number of carbonyl (C=O) groups excluding carboxylic acids is 2. The average molecular weight is 484 g/mol. The van der Waals surface area contributed by atoms with Crippen LogP contribution in [0.2, 0.25) is 5.15 Å². The third-order valence-electron chi connectivity index (χ3n) is 5.13. The molecule has 170 valence electrons. The Bertz CT molecular complexity index is 1210. The number of rotatable bonds is 5. The third-order valence-corrected chi connectivity index (χ3v) is 6.35. The minimum absolute atomic E-state index is 0.193. The van der Waals surface area contributed by atoms with Gasteiger partial charge in [0, 0.05) is 30.9 Å². The van der Waals surface area contributed by atoms with E-state index >= 15 is 0 Å². The van der Waals surface area contributed by atoms with Gasteiger partial charge in [-0.15, -0.1) is 0 Å². The van der Waals surface area contributed by atoms with Gasteiger partial charge in [0.05, 0.1) is 16.3 Å². The van der Waals surface area contributed by atoms with E-state index in [4.69, 9.17) is 22.3 Å². The Balaban J connectivity index is 1.69. The number of primary amides is 1. The number of urea groups is 1. The summed E-state index contributed by atoms with van der Waals surface area (Å²) >= 11 is 7.54. The van der Waals surface area contributed by atoms with E-state index in [1.165, 1.54) is 11.3 Å². The van der Waals surface area contributed by atoms with Crippen molar-refractivity contribution in [3.8, 4) is 21.7 Å². The summed E-state index contributed by atoms with van der Waals surface area (Å²) in [5, 5.41) is 6.65. The van der Waals surface area contributed by atoms with E-state index in [2.05, 4.69) is 27.3 Å². The molecule has 3 aromatic rings. The minimum atomic E-state index is -0.581. The molecule has 33 heavy (non-hydrogen) atoms. The quantitative estimate of drug-likeness (QED) is 0.378. The van der Waals surface area contributed by atoms with E-state index < -0.39 is 11.9 Å². The molecule has 1 aromatic carbocycles. The Kier molecular flexibility index (Phi) is 6.68. The number of hydrogen-bond acceptors (Lipinski definition) is 7. The fraction of sp³-hybridized carbons (Fsp3) is 0.227. The van der Waals surface area contributed by atoms with Crippen LogP contribution in [0.25, 0.3) is 21.7 Å². The van der Waals surface area contributed by atoms with E-state index in [9.17, 15) is 9.59 Å². The van der Waals surface area contributed by atoms with Crippen molar-refractivity contribution in [2.75, 3.05) is 25.0 Å². The highest BCUT2D eigenvalue weighted by molar-refractivity contribution is 7.19. The van der Waals surface area contributed by atoms with Crippen molar-refractivity contribution in [1.82, 2.24) is 20.2 Å². The molecule has 9 nitrogen and oxygen atoms in total. The highest BCUT2D eigenvalue weighted by Crippen LogP contribution is 2.40. The Morgan fingerprint density at radius 1 is 1.30 bits per heavy atom. The van der Waals surface area contributed by atoms with Crippen LogP contribution < -0.4 is 16.4 Å². The predicted octanol–water partition coefficient (Wildman–Crippen LogP) is 3.46. The summed E-state index contributed by atoms with van der Waals surface area (Å²) < 4.78 is 0. The second-order valence-corrected chi connectivity index (χ2v) is 8.90. The smallest absolute Gasteiger partial charge is 0.323 e. The summed E-state index contributed by atoms with van der Waals surface area (Å²) in [7, 11) is 0. The van der Waals surface area contributed by atoms with Gasteiger partial charge in [-0.05, 0) is 43.5 Å². The maximum Gasteiger partial charge on any atom is 0.323 e. The molecular weight excluding hydrogens is 462 g/mol. The van der Waals surface area contributed by atoms with E-state index in [1.807, 2.05) is 37.3 Å². The largest absolute Gasteiger partial charge is 0.368 e. The van der Waals surface area contributed by atoms with Crippen LogP contribution in [0.1, 0.15) is 5.69 Å². The first-order valence-electron chi connectivity index (χ1n) is 10.1. The highest BCUT2D eigenvalue weighted by Gasteiger charge is 2.27. The van der Waals surface area contributed by atoms with E-state index in [1.54, 1.807) is 11.0 Å². The fourth-order valence-electron chi connectivity index (χ4n) is 3.57. The van der Waals surface area contributed by atoms with Gasteiger partial charge in [-0.25, -0.2) is 14.8 Å². The molecule has 0 radical (unpaired) electrons. The average Bonchev–Trinajstić information content (AvgIpc) is 3.22. The topological polar surface area (TPSA) is 126 Å². The van der Waals surface area contributed by atoms with Crippen molar-refractivity contribution in [2.45, 2.75) is 13.0 Å². The van der Waals surface area contributed by atoms with E-state index in [0.717, 1.165) is 21.7 Å². The Labute approximate surface area is 199 Å². The maximum absolute atomic E-state index is 12.9. The van der Waals surface area contributed by atoms with Gasteiger partial charge >= 0.3 is 6.03 Å². The molecule has 0 bridgehead atoms. The molecule has 2 aromatic heterocycles. The number of aromatic nitrogens is 2. The van der Waals surface area contributed by atoms with Crippen LogP contribution in [0.4, 0.5) is 15.6 Å². The van der Waals surface area contributed by atoms with Gasteiger partial charge in [0.15, 0.2) is 5.13 Å². The number of nitrogens with two attached hydrogens (primary N) is 1. The molecule has 1 saturated heterocycles. The first kappa shape index (κ1) is 22.8. The van der Waals surface area contributed by atoms with Crippen LogP contribution in [0.3, 0.4) is 0 Å². The molecule has 3 heterocycles. The standard InChI is InChI=1S/C22H22ClN7O2S/c1-12-8-14(10-17(23)27-12)19-18(13-4-3-5-15(9-13)25-2)28-21(33-19)29-22(32)30-7-6-26-16(11-30)20(24)31/h3-5,8-10,16,26H,2,6-7,11H2,1H3,(H2,24,31)(H,28,29,32)/t16-/m0/s1. The van der Waals surface area contributed by atoms with Gasteiger partial charge in [0.25, 0.3) is 0 Å². The first-order chi connectivity index (χ1) is 15.8. The van der Waals surface area contributed by atoms with Crippen LogP contribution in [0.15, 0.2) is 41.4 Å². The molecule has 1 aliphatic heterocycles. The van der Waals surface area contributed by atoms with Crippen molar-refractivity contribution in [1.29, 1.82) is 0 Å². The Morgan fingerprint density at radius 2 is 2.12 bits per heavy atom. The van der Waals surface area contributed by atoms with Gasteiger partial charge in [0.2, 0.25) is 5.91 Å². The van der Waals surface area contributed by atoms with Crippen LogP contribution in [-0.2, 0) is 4.79 Å². The van der Waals surface area contributed by atoms with Crippen molar-refractivity contribution >= 4 is 52.4 Å². The Hall–Kier alpha value is -3.34. The van der Waals surface area contributed by atoms with Crippen LogP contribution >= 0.6 is 22.9 Å². The van der Waals surface area contributed by atoms with Gasteiger partial charge < -0.3 is 16.0 Å². The zero-order valence-electron chi connectivity index (χ0n) is 17.8. The second-order valence-electron chi connectivity index (χ2n) is 7.51. The van der Waals surface area contributed by atoms with Crippen molar-refractivity contribution in [2.24, 2.45) is 10.7 Å². The molecule has 4 N–H and O–H groups in total. The summed E-state index contributed by atoms with van der Waals surface area (Å²) in [4.78, 5) is 39.7. The number of piperazine rings is 1. The highest BCUT2D eigenvalue weighted by atomic mass is 35.5. The molecule has 0 aliphatic carbocycles. The number of thiazole rings is 1. The number of amides is 3. The van der Waals surface area contributed by atoms with Crippen molar-refractivity contribution in [3.05, 3.63) is 47.2 Å². The van der Waals surface area contributed by atoms with Crippen LogP contribution in [-0.4, -0.2) is 59.2 Å². The first-order valence-corrected chi connectivity index (χ1v) is 11.3. The summed E-state index contributed by atoms with van der Waals surface area (Å²) in [5.41, 5.74) is 9.20. The summed E-state index contributed by atoms with van der Waals surface area (Å²) in [5.74, 6) is -0.494. The number of carbonyl (C=O) groups is 2. The second kappa shape index (κ2) is 9.65. The number of nitrogens with zero attached hydrogens (tertiary/aromatic N) is 4. The van der Waals surface area contributed by atoms with Crippen molar-refractivity contribution in [3.63, 3.8) is 0 Å². The fourth-order valence-corrected chi connectivity index (χ4v) is 4.79. The zero-order chi connectivity index (χ0) is 23.5. The molecule has 1 fully saturated rings. The molecule has 0 unspecified atom stereocenters. The number of pyridine rings is 1. The molecule has 1 atom stereocenters. The molecule has 3 amide bonds. The molecule has 11 heteroatoms. The number of benzene rings is 1. The summed E-state index contributed by atoms with van der Waals surface area (Å²) in [6.45, 7) is 6.57. The number of aryl methyl sites for hydroxylation is 1. The SMILES string of the molecule is C=Nc1cccc(-c2nc(NC(=O)N3CCN[C@H](C(N)=O)C3)sc2-c2cc(C)nc(Cl)c2)c1. The molecular formula is C22H22ClN7O2S. The van der Waals surface area contributed by atoms with Gasteiger partial charge in [-0.1, -0.05) is 35.1 Å². The number of nitrogens with one attached hydrogen (secondary N) is 2. The summed E-state index contributed by atoms with van der Waals surface area (Å²) in [6.07, 6.45) is 0. The van der Waals surface area contributed by atoms with Gasteiger partial charge in [0.1, 0.15) is 11.2 Å². The third kappa shape index (κ3) is 5.19. The normalized spacial score (nSPS) is 15.8. The molecule has 0 saturated carbocycles. The van der Waals surface area contributed by atoms with Gasteiger partial charge in [-0.3, -0.25) is 15.1 Å². The van der Waals surface area contributed by atoms with E-state index in [0.29, 0.717) is 34.8 Å². The Morgan fingerprint density at radius 3 is 2.85 bits per heavy atom. The molecule has 4 rings (SSSR count). The zero-order valence-corrected chi connectivity index (χ0v) is 19.4. The maximum atomic E-state index is 12.9. The van der Waals surface area contributed by atoms with Crippen molar-refractivity contribution < 1.29 is 9.59 Å². The lowest BCUT2D eigenvalue weighted by Crippen LogP contribution is -2.58. The molecule has 0 spiro atoms. The number of anilines is 1. The molecule has 1 aliphatic rings. The van der Waals surface area contributed by atoms with Crippen LogP contribution in [0, 0.1) is 6.92 Å².